The number of nitrogens with one attached hydrogen (secondary N) is 2. The van der Waals surface area contributed by atoms with Gasteiger partial charge in [-0.25, -0.2) is 4.68 Å². The van der Waals surface area contributed by atoms with Gasteiger partial charge in [-0.2, -0.15) is 16.9 Å². The van der Waals surface area contributed by atoms with Gasteiger partial charge in [0.05, 0.1) is 17.2 Å². The van der Waals surface area contributed by atoms with Gasteiger partial charge in [-0.15, -0.1) is 0 Å². The Morgan fingerprint density at radius 2 is 2.07 bits per heavy atom. The van der Waals surface area contributed by atoms with Gasteiger partial charge in [0.1, 0.15) is 12.4 Å². The van der Waals surface area contributed by atoms with Crippen LogP contribution < -0.4 is 10.6 Å². The Labute approximate surface area is 164 Å². The van der Waals surface area contributed by atoms with Gasteiger partial charge >= 0.3 is 0 Å². The zero-order chi connectivity index (χ0) is 20.1. The van der Waals surface area contributed by atoms with Crippen molar-refractivity contribution in [2.45, 2.75) is 18.1 Å². The fourth-order valence-corrected chi connectivity index (χ4v) is 3.75. The standard InChI is InChI=1S/C17H19N5O5S/c1-27-7-6-18-15(23)8-21-16(13-9-28-10-14(13)20-21)19-17(24)11-2-4-12(5-3-11)22(25)26/h2-5H,6-10H2,1H3,(H,18,23)(H,19,24). The number of carbonyl (C=O) groups excluding carboxylic acids is 2. The molecule has 0 saturated heterocycles. The van der Waals surface area contributed by atoms with Crippen molar-refractivity contribution in [3.05, 3.63) is 51.2 Å². The number of nitrogens with zero attached hydrogens (tertiary/aromatic N) is 3. The summed E-state index contributed by atoms with van der Waals surface area (Å²) in [5.74, 6) is 1.22. The molecule has 1 aromatic heterocycles. The lowest BCUT2D eigenvalue weighted by atomic mass is 10.2. The molecule has 28 heavy (non-hydrogen) atoms. The van der Waals surface area contributed by atoms with Gasteiger partial charge in [0.2, 0.25) is 5.91 Å². The van der Waals surface area contributed by atoms with Crippen molar-refractivity contribution in [1.29, 1.82) is 0 Å². The average Bonchev–Trinajstić information content (AvgIpc) is 3.24. The molecule has 2 heterocycles. The van der Waals surface area contributed by atoms with Crippen LogP contribution >= 0.6 is 11.8 Å². The second-order valence-corrected chi connectivity index (χ2v) is 7.01. The molecule has 2 N–H and O–H groups in total. The molecule has 1 aliphatic rings. The summed E-state index contributed by atoms with van der Waals surface area (Å²) in [6.45, 7) is 0.760. The Kier molecular flexibility index (Phi) is 6.26. The molecule has 0 bridgehead atoms. The summed E-state index contributed by atoms with van der Waals surface area (Å²) >= 11 is 1.68. The fraction of sp³-hybridized carbons (Fsp3) is 0.353. The van der Waals surface area contributed by atoms with Gasteiger partial charge in [-0.3, -0.25) is 19.7 Å². The molecule has 11 heteroatoms. The van der Waals surface area contributed by atoms with E-state index in [-0.39, 0.29) is 23.7 Å². The molecule has 0 atom stereocenters. The minimum atomic E-state index is -0.525. The highest BCUT2D eigenvalue weighted by atomic mass is 32.2. The van der Waals surface area contributed by atoms with Crippen molar-refractivity contribution in [2.24, 2.45) is 0 Å². The van der Waals surface area contributed by atoms with Crippen molar-refractivity contribution in [1.82, 2.24) is 15.1 Å². The molecule has 0 saturated carbocycles. The van der Waals surface area contributed by atoms with Gasteiger partial charge < -0.3 is 15.4 Å². The summed E-state index contributed by atoms with van der Waals surface area (Å²) in [4.78, 5) is 34.9. The van der Waals surface area contributed by atoms with Crippen molar-refractivity contribution < 1.29 is 19.2 Å². The Morgan fingerprint density at radius 1 is 1.32 bits per heavy atom. The zero-order valence-electron chi connectivity index (χ0n) is 15.1. The second-order valence-electron chi connectivity index (χ2n) is 6.03. The molecule has 0 spiro atoms. The summed E-state index contributed by atoms with van der Waals surface area (Å²) in [6.07, 6.45) is 0. The van der Waals surface area contributed by atoms with Crippen LogP contribution in [0.2, 0.25) is 0 Å². The highest BCUT2D eigenvalue weighted by Crippen LogP contribution is 2.34. The lowest BCUT2D eigenvalue weighted by molar-refractivity contribution is -0.384. The average molecular weight is 405 g/mol. The first-order valence-corrected chi connectivity index (χ1v) is 9.62. The number of non-ortho nitro benzene ring substituents is 1. The summed E-state index contributed by atoms with van der Waals surface area (Å²) in [6, 6.07) is 5.33. The SMILES string of the molecule is COCCNC(=O)Cn1nc2c(c1NC(=O)c1ccc([N+](=O)[O-])cc1)CSC2. The summed E-state index contributed by atoms with van der Waals surface area (Å²) in [7, 11) is 1.55. The first-order chi connectivity index (χ1) is 13.5. The number of rotatable bonds is 8. The number of aromatic nitrogens is 2. The van der Waals surface area contributed by atoms with Crippen LogP contribution in [0.1, 0.15) is 21.6 Å². The van der Waals surface area contributed by atoms with Gasteiger partial charge in [-0.1, -0.05) is 0 Å². The number of ether oxygens (including phenoxy) is 1. The van der Waals surface area contributed by atoms with Gasteiger partial charge in [0.15, 0.2) is 0 Å². The highest BCUT2D eigenvalue weighted by molar-refractivity contribution is 7.98. The molecule has 0 aliphatic carbocycles. The van der Waals surface area contributed by atoms with E-state index in [9.17, 15) is 19.7 Å². The number of nitro groups is 1. The molecule has 0 radical (unpaired) electrons. The number of anilines is 1. The Hall–Kier alpha value is -2.92. The largest absolute Gasteiger partial charge is 0.383 e. The van der Waals surface area contributed by atoms with E-state index < -0.39 is 10.8 Å². The van der Waals surface area contributed by atoms with Crippen LogP contribution in [0, 0.1) is 10.1 Å². The molecule has 0 fully saturated rings. The van der Waals surface area contributed by atoms with Gasteiger partial charge in [-0.05, 0) is 12.1 Å². The number of hydrogen-bond donors (Lipinski definition) is 2. The lowest BCUT2D eigenvalue weighted by Crippen LogP contribution is -2.31. The molecular formula is C17H19N5O5S. The monoisotopic (exact) mass is 405 g/mol. The molecule has 148 valence electrons. The summed E-state index contributed by atoms with van der Waals surface area (Å²) in [5, 5.41) is 20.7. The predicted octanol–water partition coefficient (Wildman–Crippen LogP) is 1.55. The maximum Gasteiger partial charge on any atom is 0.269 e. The molecule has 2 aromatic rings. The number of carbonyl (C=O) groups is 2. The smallest absolute Gasteiger partial charge is 0.269 e. The highest BCUT2D eigenvalue weighted by Gasteiger charge is 2.25. The third-order valence-electron chi connectivity index (χ3n) is 4.11. The Morgan fingerprint density at radius 3 is 2.75 bits per heavy atom. The molecule has 0 unspecified atom stereocenters. The summed E-state index contributed by atoms with van der Waals surface area (Å²) < 4.78 is 6.38. The second kappa shape index (κ2) is 8.85. The molecule has 1 aliphatic heterocycles. The normalized spacial score (nSPS) is 12.5. The van der Waals surface area contributed by atoms with Crippen LogP contribution in [0.5, 0.6) is 0 Å². The van der Waals surface area contributed by atoms with E-state index in [1.165, 1.54) is 28.9 Å². The lowest BCUT2D eigenvalue weighted by Gasteiger charge is -2.11. The number of methoxy groups -OCH3 is 1. The first kappa shape index (κ1) is 19.8. The number of benzene rings is 1. The van der Waals surface area contributed by atoms with Gasteiger partial charge in [0.25, 0.3) is 11.6 Å². The van der Waals surface area contributed by atoms with Gasteiger partial charge in [0, 0.05) is 48.4 Å². The van der Waals surface area contributed by atoms with E-state index in [1.807, 2.05) is 0 Å². The predicted molar refractivity (Wildman–Crippen MR) is 103 cm³/mol. The maximum atomic E-state index is 12.6. The number of amides is 2. The molecule has 10 nitrogen and oxygen atoms in total. The quantitative estimate of drug-likeness (QED) is 0.387. The zero-order valence-corrected chi connectivity index (χ0v) is 16.0. The van der Waals surface area contributed by atoms with Crippen LogP contribution in [-0.2, 0) is 27.6 Å². The minimum absolute atomic E-state index is 0.0305. The number of thioether (sulfide) groups is 1. The van der Waals surface area contributed by atoms with E-state index >= 15 is 0 Å². The third-order valence-corrected chi connectivity index (χ3v) is 5.08. The molecular weight excluding hydrogens is 386 g/mol. The van der Waals surface area contributed by atoms with Crippen molar-refractivity contribution >= 4 is 35.1 Å². The van der Waals surface area contributed by atoms with Crippen LogP contribution in [0.25, 0.3) is 0 Å². The number of nitro benzene ring substituents is 1. The first-order valence-electron chi connectivity index (χ1n) is 8.47. The van der Waals surface area contributed by atoms with Crippen molar-refractivity contribution in [3.8, 4) is 0 Å². The summed E-state index contributed by atoms with van der Waals surface area (Å²) in [5.41, 5.74) is 1.92. The van der Waals surface area contributed by atoms with E-state index in [2.05, 4.69) is 15.7 Å². The molecule has 3 rings (SSSR count). The Bertz CT molecular complexity index is 896. The topological polar surface area (TPSA) is 128 Å². The third kappa shape index (κ3) is 4.49. The van der Waals surface area contributed by atoms with E-state index in [0.717, 1.165) is 11.3 Å². The van der Waals surface area contributed by atoms with Crippen LogP contribution in [0.4, 0.5) is 11.5 Å². The van der Waals surface area contributed by atoms with Crippen LogP contribution in [0.15, 0.2) is 24.3 Å². The van der Waals surface area contributed by atoms with Crippen molar-refractivity contribution in [2.75, 3.05) is 25.6 Å². The fourth-order valence-electron chi connectivity index (χ4n) is 2.72. The molecule has 1 aromatic carbocycles. The van der Waals surface area contributed by atoms with Crippen LogP contribution in [0.3, 0.4) is 0 Å². The molecule has 2 amide bonds. The van der Waals surface area contributed by atoms with Crippen molar-refractivity contribution in [3.63, 3.8) is 0 Å². The number of fused-ring (bicyclic) bond motifs is 1. The van der Waals surface area contributed by atoms with E-state index in [4.69, 9.17) is 4.74 Å². The van der Waals surface area contributed by atoms with Crippen LogP contribution in [-0.4, -0.2) is 46.8 Å². The Balaban J connectivity index is 1.76. The van der Waals surface area contributed by atoms with E-state index in [0.29, 0.717) is 30.5 Å². The number of hydrogen-bond acceptors (Lipinski definition) is 7. The minimum Gasteiger partial charge on any atom is -0.383 e. The maximum absolute atomic E-state index is 12.6. The van der Waals surface area contributed by atoms with E-state index in [1.54, 1.807) is 18.9 Å².